The van der Waals surface area contributed by atoms with E-state index in [1.54, 1.807) is 47.6 Å². The molecule has 5 rings (SSSR count). The molecule has 9 nitrogen and oxygen atoms in total. The summed E-state index contributed by atoms with van der Waals surface area (Å²) < 4.78 is 28.1. The number of oxime groups is 1. The van der Waals surface area contributed by atoms with Crippen molar-refractivity contribution in [2.45, 2.75) is 23.8 Å². The summed E-state index contributed by atoms with van der Waals surface area (Å²) in [6.45, 7) is 1.98. The highest BCUT2D eigenvalue weighted by molar-refractivity contribution is 7.89. The van der Waals surface area contributed by atoms with Gasteiger partial charge in [0.2, 0.25) is 15.9 Å². The summed E-state index contributed by atoms with van der Waals surface area (Å²) >= 11 is 6.04. The molecule has 37 heavy (non-hydrogen) atoms. The Bertz CT molecular complexity index is 1410. The van der Waals surface area contributed by atoms with Gasteiger partial charge >= 0.3 is 0 Å². The Morgan fingerprint density at radius 3 is 2.49 bits per heavy atom. The highest BCUT2D eigenvalue weighted by Gasteiger charge is 2.39. The first-order valence-corrected chi connectivity index (χ1v) is 14.0. The number of rotatable bonds is 6. The lowest BCUT2D eigenvalue weighted by Gasteiger charge is -2.42. The Morgan fingerprint density at radius 1 is 1.05 bits per heavy atom. The summed E-state index contributed by atoms with van der Waals surface area (Å²) in [4.78, 5) is 21.3. The van der Waals surface area contributed by atoms with Gasteiger partial charge in [-0.3, -0.25) is 9.78 Å². The topological polar surface area (TPSA) is 106 Å². The number of piperazine rings is 1. The lowest BCUT2D eigenvalue weighted by atomic mass is 9.95. The van der Waals surface area contributed by atoms with E-state index in [0.717, 1.165) is 42.4 Å². The third kappa shape index (κ3) is 5.41. The average Bonchev–Trinajstić information content (AvgIpc) is 2.91. The van der Waals surface area contributed by atoms with Gasteiger partial charge in [0.05, 0.1) is 23.7 Å². The van der Waals surface area contributed by atoms with Crippen molar-refractivity contribution in [3.05, 3.63) is 65.9 Å². The van der Waals surface area contributed by atoms with E-state index in [-0.39, 0.29) is 29.8 Å². The monoisotopic (exact) mass is 541 g/mol. The van der Waals surface area contributed by atoms with E-state index in [2.05, 4.69) is 15.0 Å². The number of aromatic nitrogens is 1. The van der Waals surface area contributed by atoms with E-state index in [4.69, 9.17) is 11.6 Å². The Morgan fingerprint density at radius 2 is 1.76 bits per heavy atom. The molecule has 3 heterocycles. The number of hydrogen-bond acceptors (Lipinski definition) is 7. The van der Waals surface area contributed by atoms with Gasteiger partial charge in [0, 0.05) is 49.3 Å². The minimum Gasteiger partial charge on any atom is -0.411 e. The highest BCUT2D eigenvalue weighted by Crippen LogP contribution is 2.28. The maximum absolute atomic E-state index is 13.5. The number of halogens is 1. The van der Waals surface area contributed by atoms with Crippen LogP contribution in [0.15, 0.2) is 71.0 Å². The van der Waals surface area contributed by atoms with Crippen LogP contribution >= 0.6 is 11.6 Å². The summed E-state index contributed by atoms with van der Waals surface area (Å²) in [7, 11) is -3.94. The standard InChI is InChI=1S/C26H28ClN5O4S/c27-22-3-1-21-14-25(4-2-20(21)13-22)37(35,36)31-17-24(15-29-34)32(26(33)18-31)16-19-7-11-30(12-8-19)23-5-9-28-10-6-23/h1-6,9-10,13-15,19,24,34H,7-8,11-12,16-18H2/b29-15+. The molecule has 0 aliphatic carbocycles. The number of sulfonamides is 1. The van der Waals surface area contributed by atoms with Crippen LogP contribution in [0.1, 0.15) is 12.8 Å². The number of piperidine rings is 1. The number of benzene rings is 2. The van der Waals surface area contributed by atoms with Crippen LogP contribution in [-0.2, 0) is 14.8 Å². The van der Waals surface area contributed by atoms with E-state index in [9.17, 15) is 18.4 Å². The SMILES string of the molecule is O=C1CN(S(=O)(=O)c2ccc3cc(Cl)ccc3c2)CC(/C=N/O)N1CC1CCN(c2ccncc2)CC1. The number of fused-ring (bicyclic) bond motifs is 1. The second-order valence-corrected chi connectivity index (χ2v) is 11.8. The average molecular weight is 542 g/mol. The van der Waals surface area contributed by atoms with Gasteiger partial charge in [0.15, 0.2) is 0 Å². The first-order valence-electron chi connectivity index (χ1n) is 12.2. The molecule has 2 aliphatic rings. The molecule has 0 bridgehead atoms. The first kappa shape index (κ1) is 25.4. The maximum Gasteiger partial charge on any atom is 0.243 e. The van der Waals surface area contributed by atoms with Gasteiger partial charge < -0.3 is 15.0 Å². The van der Waals surface area contributed by atoms with Crippen LogP contribution in [0.25, 0.3) is 10.8 Å². The molecular weight excluding hydrogens is 514 g/mol. The molecule has 2 fully saturated rings. The van der Waals surface area contributed by atoms with Crippen molar-refractivity contribution in [2.24, 2.45) is 11.1 Å². The van der Waals surface area contributed by atoms with Crippen LogP contribution in [-0.4, -0.2) is 78.7 Å². The molecule has 2 aromatic carbocycles. The summed E-state index contributed by atoms with van der Waals surface area (Å²) in [6.07, 6.45) is 6.60. The minimum absolute atomic E-state index is 0.0205. The molecule has 11 heteroatoms. The van der Waals surface area contributed by atoms with Crippen molar-refractivity contribution in [3.63, 3.8) is 0 Å². The maximum atomic E-state index is 13.5. The second kappa shape index (κ2) is 10.6. The molecule has 2 aliphatic heterocycles. The van der Waals surface area contributed by atoms with Crippen LogP contribution in [0.5, 0.6) is 0 Å². The van der Waals surface area contributed by atoms with Crippen LogP contribution in [0.2, 0.25) is 5.02 Å². The third-order valence-corrected chi connectivity index (χ3v) is 9.21. The van der Waals surface area contributed by atoms with Gasteiger partial charge in [-0.15, -0.1) is 0 Å². The number of amides is 1. The van der Waals surface area contributed by atoms with Gasteiger partial charge in [0.1, 0.15) is 0 Å². The number of carbonyl (C=O) groups excluding carboxylic acids is 1. The molecule has 2 saturated heterocycles. The lowest BCUT2D eigenvalue weighted by molar-refractivity contribution is -0.136. The fourth-order valence-electron chi connectivity index (χ4n) is 5.13. The summed E-state index contributed by atoms with van der Waals surface area (Å²) in [5.41, 5.74) is 1.13. The van der Waals surface area contributed by atoms with Gasteiger partial charge in [-0.25, -0.2) is 8.42 Å². The number of pyridine rings is 1. The Labute approximate surface area is 221 Å². The molecule has 1 atom stereocenters. The van der Waals surface area contributed by atoms with Crippen LogP contribution in [0.4, 0.5) is 5.69 Å². The van der Waals surface area contributed by atoms with Crippen molar-refractivity contribution < 1.29 is 18.4 Å². The summed E-state index contributed by atoms with van der Waals surface area (Å²) in [5, 5.41) is 14.6. The largest absolute Gasteiger partial charge is 0.411 e. The molecule has 0 spiro atoms. The Kier molecular flexibility index (Phi) is 7.32. The van der Waals surface area contributed by atoms with E-state index >= 15 is 0 Å². The predicted molar refractivity (Wildman–Crippen MR) is 143 cm³/mol. The molecule has 1 amide bonds. The van der Waals surface area contributed by atoms with E-state index in [0.29, 0.717) is 11.6 Å². The van der Waals surface area contributed by atoms with Crippen molar-refractivity contribution in [2.75, 3.05) is 37.6 Å². The minimum atomic E-state index is -3.94. The zero-order chi connectivity index (χ0) is 26.0. The van der Waals surface area contributed by atoms with Gasteiger partial charge in [-0.1, -0.05) is 28.9 Å². The van der Waals surface area contributed by atoms with Gasteiger partial charge in [-0.05, 0) is 65.9 Å². The van der Waals surface area contributed by atoms with Gasteiger partial charge in [0.25, 0.3) is 0 Å². The summed E-state index contributed by atoms with van der Waals surface area (Å²) in [5.74, 6) is -0.0315. The summed E-state index contributed by atoms with van der Waals surface area (Å²) in [6, 6.07) is 13.4. The third-order valence-electron chi connectivity index (χ3n) is 7.17. The molecule has 0 saturated carbocycles. The fourth-order valence-corrected chi connectivity index (χ4v) is 6.76. The Balaban J connectivity index is 1.29. The van der Waals surface area contributed by atoms with Crippen molar-refractivity contribution in [1.82, 2.24) is 14.2 Å². The van der Waals surface area contributed by atoms with Crippen molar-refractivity contribution >= 4 is 50.2 Å². The smallest absolute Gasteiger partial charge is 0.243 e. The number of anilines is 1. The quantitative estimate of drug-likeness (QED) is 0.291. The van der Waals surface area contributed by atoms with Gasteiger partial charge in [-0.2, -0.15) is 4.31 Å². The highest BCUT2D eigenvalue weighted by atomic mass is 35.5. The van der Waals surface area contributed by atoms with E-state index in [1.807, 2.05) is 12.1 Å². The predicted octanol–water partition coefficient (Wildman–Crippen LogP) is 3.47. The molecule has 194 valence electrons. The fraction of sp³-hybridized carbons (Fsp3) is 0.346. The normalized spacial score (nSPS) is 20.2. The van der Waals surface area contributed by atoms with Crippen LogP contribution in [0.3, 0.4) is 0 Å². The molecule has 1 aromatic heterocycles. The van der Waals surface area contributed by atoms with Crippen molar-refractivity contribution in [3.8, 4) is 0 Å². The lowest BCUT2D eigenvalue weighted by Crippen LogP contribution is -2.59. The second-order valence-electron chi connectivity index (χ2n) is 9.46. The molecular formula is C26H28ClN5O4S. The van der Waals surface area contributed by atoms with Crippen molar-refractivity contribution in [1.29, 1.82) is 0 Å². The molecule has 3 aromatic rings. The number of hydrogen-bond donors (Lipinski definition) is 1. The van der Waals surface area contributed by atoms with Crippen LogP contribution in [0, 0.1) is 5.92 Å². The zero-order valence-electron chi connectivity index (χ0n) is 20.1. The molecule has 0 radical (unpaired) electrons. The first-order chi connectivity index (χ1) is 17.8. The molecule has 1 unspecified atom stereocenters. The molecule has 1 N–H and O–H groups in total. The van der Waals surface area contributed by atoms with E-state index in [1.165, 1.54) is 16.6 Å². The van der Waals surface area contributed by atoms with Crippen LogP contribution < -0.4 is 4.90 Å². The number of carbonyl (C=O) groups is 1. The zero-order valence-corrected chi connectivity index (χ0v) is 21.7. The number of nitrogens with zero attached hydrogens (tertiary/aromatic N) is 5. The Hall–Kier alpha value is -3.21. The van der Waals surface area contributed by atoms with E-state index < -0.39 is 16.1 Å².